The predicted octanol–water partition coefficient (Wildman–Crippen LogP) is 3.21. The van der Waals surface area contributed by atoms with Gasteiger partial charge in [-0.1, -0.05) is 26.8 Å². The summed E-state index contributed by atoms with van der Waals surface area (Å²) in [6, 6.07) is 3.53. The zero-order chi connectivity index (χ0) is 20.0. The maximum Gasteiger partial charge on any atom is 0.325 e. The second-order valence-electron chi connectivity index (χ2n) is 8.77. The van der Waals surface area contributed by atoms with Crippen molar-refractivity contribution in [1.82, 2.24) is 10.2 Å². The Labute approximate surface area is 158 Å². The first-order chi connectivity index (χ1) is 12.5. The van der Waals surface area contributed by atoms with Crippen molar-refractivity contribution in [3.05, 3.63) is 29.6 Å². The van der Waals surface area contributed by atoms with Gasteiger partial charge in [0.05, 0.1) is 0 Å². The Morgan fingerprint density at radius 3 is 2.70 bits per heavy atom. The molecule has 1 aromatic carbocycles. The van der Waals surface area contributed by atoms with Crippen LogP contribution in [-0.4, -0.2) is 34.8 Å². The number of carbonyl (C=O) groups is 3. The van der Waals surface area contributed by atoms with Gasteiger partial charge in [-0.25, -0.2) is 9.18 Å². The second kappa shape index (κ2) is 6.62. The molecule has 3 rings (SSSR count). The Morgan fingerprint density at radius 1 is 1.33 bits per heavy atom. The summed E-state index contributed by atoms with van der Waals surface area (Å²) < 4.78 is 13.4. The summed E-state index contributed by atoms with van der Waals surface area (Å²) in [7, 11) is 0. The van der Waals surface area contributed by atoms with E-state index in [1.54, 1.807) is 13.0 Å². The minimum absolute atomic E-state index is 0.0719. The van der Waals surface area contributed by atoms with E-state index in [4.69, 9.17) is 0 Å². The lowest BCUT2D eigenvalue weighted by Crippen LogP contribution is -2.54. The fraction of sp³-hybridized carbons (Fsp3) is 0.550. The van der Waals surface area contributed by atoms with Crippen molar-refractivity contribution in [2.75, 3.05) is 11.9 Å². The summed E-state index contributed by atoms with van der Waals surface area (Å²) in [6.45, 7) is 7.60. The van der Waals surface area contributed by atoms with Gasteiger partial charge in [-0.15, -0.1) is 0 Å². The van der Waals surface area contributed by atoms with E-state index in [0.717, 1.165) is 11.3 Å². The average Bonchev–Trinajstić information content (AvgIpc) is 2.72. The molecule has 1 aliphatic heterocycles. The van der Waals surface area contributed by atoms with Crippen molar-refractivity contribution in [2.24, 2.45) is 11.3 Å². The number of hydrogen-bond acceptors (Lipinski definition) is 3. The van der Waals surface area contributed by atoms with E-state index >= 15 is 0 Å². The molecule has 1 aliphatic carbocycles. The minimum atomic E-state index is -0.937. The Balaban J connectivity index is 1.74. The van der Waals surface area contributed by atoms with E-state index in [2.05, 4.69) is 31.4 Å². The molecule has 1 heterocycles. The number of benzene rings is 1. The van der Waals surface area contributed by atoms with Crippen LogP contribution in [0.5, 0.6) is 0 Å². The van der Waals surface area contributed by atoms with Crippen molar-refractivity contribution in [3.8, 4) is 0 Å². The van der Waals surface area contributed by atoms with Crippen LogP contribution in [0.4, 0.5) is 14.9 Å². The maximum atomic E-state index is 13.4. The molecule has 6 nitrogen and oxygen atoms in total. The fourth-order valence-electron chi connectivity index (χ4n) is 4.71. The highest BCUT2D eigenvalue weighted by molar-refractivity contribution is 6.10. The van der Waals surface area contributed by atoms with E-state index in [-0.39, 0.29) is 11.3 Å². The van der Waals surface area contributed by atoms with Crippen LogP contribution in [0.2, 0.25) is 0 Å². The summed E-state index contributed by atoms with van der Waals surface area (Å²) in [6.07, 6.45) is 2.11. The largest absolute Gasteiger partial charge is 0.325 e. The van der Waals surface area contributed by atoms with E-state index in [1.165, 1.54) is 12.1 Å². The summed E-state index contributed by atoms with van der Waals surface area (Å²) in [5.74, 6) is -1.06. The number of halogens is 1. The van der Waals surface area contributed by atoms with Gasteiger partial charge in [-0.2, -0.15) is 0 Å². The topological polar surface area (TPSA) is 78.5 Å². The first-order valence-corrected chi connectivity index (χ1v) is 9.21. The predicted molar refractivity (Wildman–Crippen MR) is 99.5 cm³/mol. The number of carbonyl (C=O) groups excluding carboxylic acids is 3. The number of amides is 4. The molecule has 0 bridgehead atoms. The third kappa shape index (κ3) is 3.82. The van der Waals surface area contributed by atoms with Gasteiger partial charge in [-0.3, -0.25) is 14.5 Å². The van der Waals surface area contributed by atoms with Gasteiger partial charge < -0.3 is 10.6 Å². The number of aryl methyl sites for hydroxylation is 1. The number of imide groups is 1. The van der Waals surface area contributed by atoms with Gasteiger partial charge >= 0.3 is 6.03 Å². The highest BCUT2D eigenvalue weighted by atomic mass is 19.1. The van der Waals surface area contributed by atoms with Crippen molar-refractivity contribution in [2.45, 2.75) is 52.5 Å². The first kappa shape index (κ1) is 19.3. The highest BCUT2D eigenvalue weighted by Crippen LogP contribution is 2.46. The molecule has 1 saturated carbocycles. The molecule has 7 heteroatoms. The quantitative estimate of drug-likeness (QED) is 0.797. The van der Waals surface area contributed by atoms with E-state index in [1.807, 2.05) is 0 Å². The molecule has 1 spiro atoms. The van der Waals surface area contributed by atoms with Gasteiger partial charge in [0.25, 0.3) is 5.91 Å². The van der Waals surface area contributed by atoms with Gasteiger partial charge in [0.1, 0.15) is 17.9 Å². The lowest BCUT2D eigenvalue weighted by molar-refractivity contribution is -0.136. The van der Waals surface area contributed by atoms with Gasteiger partial charge in [0.2, 0.25) is 5.91 Å². The molecule has 146 valence electrons. The Morgan fingerprint density at radius 2 is 2.04 bits per heavy atom. The lowest BCUT2D eigenvalue weighted by atomic mass is 9.64. The zero-order valence-corrected chi connectivity index (χ0v) is 16.2. The van der Waals surface area contributed by atoms with Crippen LogP contribution in [0.25, 0.3) is 0 Å². The molecule has 2 N–H and O–H groups in total. The van der Waals surface area contributed by atoms with Crippen molar-refractivity contribution in [3.63, 3.8) is 0 Å². The number of nitrogens with zero attached hydrogens (tertiary/aromatic N) is 1. The van der Waals surface area contributed by atoms with Crippen LogP contribution in [0.15, 0.2) is 18.2 Å². The van der Waals surface area contributed by atoms with E-state index in [0.29, 0.717) is 30.0 Å². The molecule has 2 fully saturated rings. The number of nitrogens with one attached hydrogen (secondary N) is 2. The molecule has 27 heavy (non-hydrogen) atoms. The number of urea groups is 1. The standard InChI is InChI=1S/C20H26FN3O3/c1-12-8-19(3,4)11-20(9-12)17(26)24(18(27)23-20)10-16(25)22-15-7-14(21)6-5-13(15)2/h5-7,12H,8-11H2,1-4H3,(H,22,25)(H,23,27)/t12-,20-/m1/s1. The SMILES string of the molecule is Cc1ccc(F)cc1NC(=O)CN1C(=O)N[C@@]2(C[C@H](C)CC(C)(C)C2)C1=O. The van der Waals surface area contributed by atoms with Crippen molar-refractivity contribution < 1.29 is 18.8 Å². The molecular weight excluding hydrogens is 349 g/mol. The van der Waals surface area contributed by atoms with Gasteiger partial charge in [0, 0.05) is 5.69 Å². The summed E-state index contributed by atoms with van der Waals surface area (Å²) >= 11 is 0. The summed E-state index contributed by atoms with van der Waals surface area (Å²) in [5, 5.41) is 5.42. The Hall–Kier alpha value is -2.44. The smallest absolute Gasteiger partial charge is 0.324 e. The Bertz CT molecular complexity index is 808. The molecule has 4 amide bonds. The molecule has 1 saturated heterocycles. The lowest BCUT2D eigenvalue weighted by Gasteiger charge is -2.43. The Kier molecular flexibility index (Phi) is 4.74. The normalized spacial score (nSPS) is 27.0. The van der Waals surface area contributed by atoms with Crippen LogP contribution in [0.3, 0.4) is 0 Å². The van der Waals surface area contributed by atoms with Crippen LogP contribution in [0, 0.1) is 24.1 Å². The summed E-state index contributed by atoms with van der Waals surface area (Å²) in [5.41, 5.74) is 0.0145. The van der Waals surface area contributed by atoms with E-state index < -0.39 is 29.8 Å². The second-order valence-corrected chi connectivity index (χ2v) is 8.77. The third-order valence-electron chi connectivity index (χ3n) is 5.40. The third-order valence-corrected chi connectivity index (χ3v) is 5.40. The maximum absolute atomic E-state index is 13.4. The summed E-state index contributed by atoms with van der Waals surface area (Å²) in [4.78, 5) is 38.8. The molecule has 0 unspecified atom stereocenters. The molecule has 2 aliphatic rings. The van der Waals surface area contributed by atoms with Gasteiger partial charge in [-0.05, 0) is 55.2 Å². The minimum Gasteiger partial charge on any atom is -0.324 e. The fourth-order valence-corrected chi connectivity index (χ4v) is 4.71. The molecule has 1 aromatic rings. The molecular formula is C20H26FN3O3. The molecule has 0 aromatic heterocycles. The molecule has 0 radical (unpaired) electrons. The van der Waals surface area contributed by atoms with Crippen molar-refractivity contribution >= 4 is 23.5 Å². The number of rotatable bonds is 3. The van der Waals surface area contributed by atoms with Crippen LogP contribution >= 0.6 is 0 Å². The zero-order valence-electron chi connectivity index (χ0n) is 16.2. The average molecular weight is 375 g/mol. The van der Waals surface area contributed by atoms with Crippen LogP contribution < -0.4 is 10.6 Å². The van der Waals surface area contributed by atoms with E-state index in [9.17, 15) is 18.8 Å². The highest BCUT2D eigenvalue weighted by Gasteiger charge is 2.56. The monoisotopic (exact) mass is 375 g/mol. The van der Waals surface area contributed by atoms with Crippen molar-refractivity contribution in [1.29, 1.82) is 0 Å². The van der Waals surface area contributed by atoms with Crippen LogP contribution in [-0.2, 0) is 9.59 Å². The number of hydrogen-bond donors (Lipinski definition) is 2. The molecule has 2 atom stereocenters. The van der Waals surface area contributed by atoms with Gasteiger partial charge in [0.15, 0.2) is 0 Å². The first-order valence-electron chi connectivity index (χ1n) is 9.21. The number of anilines is 1. The van der Waals surface area contributed by atoms with Crippen LogP contribution in [0.1, 0.15) is 45.6 Å².